The van der Waals surface area contributed by atoms with Crippen LogP contribution in [0.2, 0.25) is 0 Å². The van der Waals surface area contributed by atoms with E-state index in [9.17, 15) is 9.59 Å². The number of hydrogen-bond acceptors (Lipinski definition) is 4. The number of aryl methyl sites for hydroxylation is 1. The second-order valence-corrected chi connectivity index (χ2v) is 8.38. The summed E-state index contributed by atoms with van der Waals surface area (Å²) >= 11 is 1.68. The number of hydrogen-bond donors (Lipinski definition) is 1. The van der Waals surface area contributed by atoms with E-state index in [1.54, 1.807) is 22.4 Å². The van der Waals surface area contributed by atoms with Crippen molar-refractivity contribution < 1.29 is 9.59 Å². The van der Waals surface area contributed by atoms with Gasteiger partial charge in [-0.25, -0.2) is 4.98 Å². The number of nitrogens with one attached hydrogen (secondary N) is 1. The molecule has 0 spiro atoms. The summed E-state index contributed by atoms with van der Waals surface area (Å²) in [5.74, 6) is 0.275. The fourth-order valence-electron chi connectivity index (χ4n) is 3.69. The number of carbonyl (C=O) groups is 2. The predicted octanol–water partition coefficient (Wildman–Crippen LogP) is 3.79. The average Bonchev–Trinajstić information content (AvgIpc) is 3.42. The van der Waals surface area contributed by atoms with E-state index in [1.807, 2.05) is 53.4 Å². The number of aromatic nitrogens is 2. The van der Waals surface area contributed by atoms with E-state index < -0.39 is 0 Å². The number of pyridine rings is 1. The van der Waals surface area contributed by atoms with Crippen LogP contribution in [0.1, 0.15) is 33.8 Å². The van der Waals surface area contributed by atoms with Crippen molar-refractivity contribution in [3.05, 3.63) is 70.3 Å². The van der Waals surface area contributed by atoms with Crippen LogP contribution >= 0.6 is 11.3 Å². The average molecular weight is 409 g/mol. The second-order valence-electron chi connectivity index (χ2n) is 7.35. The molecule has 3 aromatic rings. The maximum atomic E-state index is 13.2. The molecule has 7 heteroatoms. The number of thiophene rings is 1. The monoisotopic (exact) mass is 408 g/mol. The van der Waals surface area contributed by atoms with Gasteiger partial charge < -0.3 is 14.8 Å². The summed E-state index contributed by atoms with van der Waals surface area (Å²) in [6, 6.07) is 11.6. The molecule has 1 aliphatic rings. The van der Waals surface area contributed by atoms with Crippen molar-refractivity contribution in [2.75, 3.05) is 18.4 Å². The standard InChI is InChI=1S/C22H24N4O2S/c1-16-6-2-10-23-20(16)24-21(27)17-7-3-12-26(14-17)22(28)19-9-4-11-25(19)15-18-8-5-13-29-18/h2,4-6,8-11,13,17H,3,7,12,14-15H2,1H3,(H,23,24,27). The molecule has 4 heterocycles. The molecule has 1 fully saturated rings. The topological polar surface area (TPSA) is 67.2 Å². The molecule has 1 aliphatic heterocycles. The van der Waals surface area contributed by atoms with Crippen molar-refractivity contribution in [1.82, 2.24) is 14.5 Å². The highest BCUT2D eigenvalue weighted by molar-refractivity contribution is 7.09. The first-order valence-corrected chi connectivity index (χ1v) is 10.7. The van der Waals surface area contributed by atoms with Crippen LogP contribution in [0.3, 0.4) is 0 Å². The Labute approximate surface area is 174 Å². The normalized spacial score (nSPS) is 16.6. The highest BCUT2D eigenvalue weighted by atomic mass is 32.1. The van der Waals surface area contributed by atoms with Gasteiger partial charge in [-0.2, -0.15) is 0 Å². The van der Waals surface area contributed by atoms with E-state index in [2.05, 4.69) is 16.4 Å². The van der Waals surface area contributed by atoms with Crippen LogP contribution in [0.15, 0.2) is 54.2 Å². The van der Waals surface area contributed by atoms with Gasteiger partial charge in [0.2, 0.25) is 5.91 Å². The molecule has 1 N–H and O–H groups in total. The van der Waals surface area contributed by atoms with Crippen molar-refractivity contribution >= 4 is 29.0 Å². The Balaban J connectivity index is 1.43. The van der Waals surface area contributed by atoms with E-state index in [1.165, 1.54) is 4.88 Å². The van der Waals surface area contributed by atoms with Crippen molar-refractivity contribution in [1.29, 1.82) is 0 Å². The van der Waals surface area contributed by atoms with Crippen LogP contribution in [0.25, 0.3) is 0 Å². The van der Waals surface area contributed by atoms with Gasteiger partial charge in [0.15, 0.2) is 0 Å². The minimum Gasteiger partial charge on any atom is -0.338 e. The first-order chi connectivity index (χ1) is 14.1. The molecular weight excluding hydrogens is 384 g/mol. The number of likely N-dealkylation sites (tertiary alicyclic amines) is 1. The zero-order chi connectivity index (χ0) is 20.2. The molecular formula is C22H24N4O2S. The summed E-state index contributed by atoms with van der Waals surface area (Å²) in [5, 5.41) is 4.96. The summed E-state index contributed by atoms with van der Waals surface area (Å²) in [5.41, 5.74) is 1.59. The van der Waals surface area contributed by atoms with Gasteiger partial charge in [-0.1, -0.05) is 12.1 Å². The molecule has 4 rings (SSSR count). The Morgan fingerprint density at radius 2 is 2.14 bits per heavy atom. The lowest BCUT2D eigenvalue weighted by atomic mass is 9.96. The van der Waals surface area contributed by atoms with Gasteiger partial charge in [-0.05, 0) is 55.0 Å². The van der Waals surface area contributed by atoms with Crippen molar-refractivity contribution in [3.63, 3.8) is 0 Å². The Kier molecular flexibility index (Phi) is 5.76. The molecule has 2 amide bonds. The third kappa shape index (κ3) is 4.40. The molecule has 150 valence electrons. The molecule has 1 atom stereocenters. The van der Waals surface area contributed by atoms with E-state index in [4.69, 9.17) is 0 Å². The zero-order valence-corrected chi connectivity index (χ0v) is 17.2. The largest absolute Gasteiger partial charge is 0.338 e. The first-order valence-electron chi connectivity index (χ1n) is 9.81. The van der Waals surface area contributed by atoms with Gasteiger partial charge in [0, 0.05) is 30.4 Å². The number of carbonyl (C=O) groups excluding carboxylic acids is 2. The quantitative estimate of drug-likeness (QED) is 0.698. The predicted molar refractivity (Wildman–Crippen MR) is 114 cm³/mol. The van der Waals surface area contributed by atoms with E-state index in [0.717, 1.165) is 18.4 Å². The molecule has 0 aromatic carbocycles. The minimum atomic E-state index is -0.227. The number of anilines is 1. The van der Waals surface area contributed by atoms with Crippen LogP contribution in [0, 0.1) is 12.8 Å². The molecule has 1 saturated heterocycles. The van der Waals surface area contributed by atoms with Crippen molar-refractivity contribution in [2.45, 2.75) is 26.3 Å². The summed E-state index contributed by atoms with van der Waals surface area (Å²) in [6.45, 7) is 3.71. The Hall–Kier alpha value is -2.93. The molecule has 29 heavy (non-hydrogen) atoms. The van der Waals surface area contributed by atoms with Crippen molar-refractivity contribution in [2.24, 2.45) is 5.92 Å². The summed E-state index contributed by atoms with van der Waals surface area (Å²) < 4.78 is 1.98. The fraction of sp³-hybridized carbons (Fsp3) is 0.318. The Morgan fingerprint density at radius 1 is 1.24 bits per heavy atom. The van der Waals surface area contributed by atoms with Crippen LogP contribution in [0.4, 0.5) is 5.82 Å². The molecule has 6 nitrogen and oxygen atoms in total. The highest BCUT2D eigenvalue weighted by Gasteiger charge is 2.30. The van der Waals surface area contributed by atoms with Crippen molar-refractivity contribution in [3.8, 4) is 0 Å². The van der Waals surface area contributed by atoms with Gasteiger partial charge in [0.25, 0.3) is 5.91 Å². The summed E-state index contributed by atoms with van der Waals surface area (Å²) in [4.78, 5) is 33.2. The van der Waals surface area contributed by atoms with Crippen LogP contribution in [-0.2, 0) is 11.3 Å². The van der Waals surface area contributed by atoms with Gasteiger partial charge >= 0.3 is 0 Å². The third-order valence-corrected chi connectivity index (χ3v) is 6.15. The van der Waals surface area contributed by atoms with E-state index in [-0.39, 0.29) is 17.7 Å². The van der Waals surface area contributed by atoms with Gasteiger partial charge in [0.05, 0.1) is 12.5 Å². The Morgan fingerprint density at radius 3 is 2.93 bits per heavy atom. The Bertz CT molecular complexity index is 996. The SMILES string of the molecule is Cc1cccnc1NC(=O)C1CCCN(C(=O)c2cccn2Cc2cccs2)C1. The first kappa shape index (κ1) is 19.4. The maximum Gasteiger partial charge on any atom is 0.270 e. The lowest BCUT2D eigenvalue weighted by Crippen LogP contribution is -2.44. The molecule has 0 saturated carbocycles. The highest BCUT2D eigenvalue weighted by Crippen LogP contribution is 2.22. The second kappa shape index (κ2) is 8.61. The summed E-state index contributed by atoms with van der Waals surface area (Å²) in [7, 11) is 0. The molecule has 0 aliphatic carbocycles. The van der Waals surface area contributed by atoms with Crippen LogP contribution < -0.4 is 5.32 Å². The number of nitrogens with zero attached hydrogens (tertiary/aromatic N) is 3. The van der Waals surface area contributed by atoms with Gasteiger partial charge in [-0.3, -0.25) is 9.59 Å². The number of rotatable bonds is 5. The van der Waals surface area contributed by atoms with Gasteiger partial charge in [-0.15, -0.1) is 11.3 Å². The van der Waals surface area contributed by atoms with Crippen LogP contribution in [0.5, 0.6) is 0 Å². The number of amides is 2. The zero-order valence-electron chi connectivity index (χ0n) is 16.4. The van der Waals surface area contributed by atoms with E-state index >= 15 is 0 Å². The smallest absolute Gasteiger partial charge is 0.270 e. The maximum absolute atomic E-state index is 13.2. The number of piperidine rings is 1. The molecule has 0 bridgehead atoms. The molecule has 0 radical (unpaired) electrons. The lowest BCUT2D eigenvalue weighted by Gasteiger charge is -2.32. The fourth-order valence-corrected chi connectivity index (χ4v) is 4.39. The van der Waals surface area contributed by atoms with Crippen LogP contribution in [-0.4, -0.2) is 39.4 Å². The van der Waals surface area contributed by atoms with E-state index in [0.29, 0.717) is 31.1 Å². The summed E-state index contributed by atoms with van der Waals surface area (Å²) in [6.07, 6.45) is 5.19. The molecule has 1 unspecified atom stereocenters. The molecule has 3 aromatic heterocycles. The third-order valence-electron chi connectivity index (χ3n) is 5.29. The minimum absolute atomic E-state index is 0.0157. The lowest BCUT2D eigenvalue weighted by molar-refractivity contribution is -0.121. The van der Waals surface area contributed by atoms with Gasteiger partial charge in [0.1, 0.15) is 11.5 Å².